The number of hydrogen-bond acceptors (Lipinski definition) is 9. The van der Waals surface area contributed by atoms with Crippen LogP contribution in [0.25, 0.3) is 0 Å². The van der Waals surface area contributed by atoms with E-state index in [1.165, 1.54) is 39.5 Å². The van der Waals surface area contributed by atoms with Gasteiger partial charge in [-0.15, -0.1) is 0 Å². The number of nitrogens with two attached hydrogens (primary N) is 1. The number of phenols is 2. The van der Waals surface area contributed by atoms with E-state index in [1.807, 2.05) is 6.92 Å². The third-order valence-electron chi connectivity index (χ3n) is 7.07. The van der Waals surface area contributed by atoms with Crippen LogP contribution >= 0.6 is 0 Å². The quantitative estimate of drug-likeness (QED) is 0.209. The van der Waals surface area contributed by atoms with Crippen molar-refractivity contribution in [1.82, 2.24) is 0 Å². The number of phenolic OH excluding ortho intramolecular Hbond substituents is 2. The molecule has 0 aliphatic carbocycles. The predicted molar refractivity (Wildman–Crippen MR) is 150 cm³/mol. The molecule has 0 radical (unpaired) electrons. The second-order valence-electron chi connectivity index (χ2n) is 10.1. The van der Waals surface area contributed by atoms with Crippen LogP contribution in [0.15, 0.2) is 47.6 Å². The largest absolute Gasteiger partial charge is 0.508 e. The zero-order chi connectivity index (χ0) is 30.1. The summed E-state index contributed by atoms with van der Waals surface area (Å²) in [5.41, 5.74) is 6.48. The first kappa shape index (κ1) is 32.8. The first-order chi connectivity index (χ1) is 18.8. The molecule has 1 aliphatic heterocycles. The van der Waals surface area contributed by atoms with Crippen LogP contribution in [0.5, 0.6) is 11.5 Å². The molecule has 2 rings (SSSR count). The Morgan fingerprint density at radius 3 is 2.30 bits per heavy atom. The number of fused-ring (bicyclic) bond motifs is 2. The molecule has 1 aromatic rings. The number of benzene rings is 1. The molecule has 222 valence electrons. The summed E-state index contributed by atoms with van der Waals surface area (Å²) in [6.45, 7) is 6.97. The molecular formula is C29H42N2O9. The van der Waals surface area contributed by atoms with Gasteiger partial charge in [-0.1, -0.05) is 38.2 Å². The Balaban J connectivity index is 2.67. The summed E-state index contributed by atoms with van der Waals surface area (Å²) in [5.74, 6) is -1.70. The first-order valence-electron chi connectivity index (χ1n) is 13.0. The highest BCUT2D eigenvalue weighted by molar-refractivity contribution is 6.04. The topological polar surface area (TPSA) is 170 Å². The lowest BCUT2D eigenvalue weighted by atomic mass is 9.86. The lowest BCUT2D eigenvalue weighted by Crippen LogP contribution is -2.37. The second-order valence-corrected chi connectivity index (χ2v) is 10.1. The van der Waals surface area contributed by atoms with Gasteiger partial charge in [-0.05, 0) is 37.8 Å². The molecule has 11 nitrogen and oxygen atoms in total. The van der Waals surface area contributed by atoms with E-state index in [0.717, 1.165) is 0 Å². The van der Waals surface area contributed by atoms with Crippen LogP contribution in [-0.2, 0) is 23.7 Å². The van der Waals surface area contributed by atoms with E-state index in [1.54, 1.807) is 39.0 Å². The summed E-state index contributed by atoms with van der Waals surface area (Å²) in [6, 6.07) is 2.62. The number of aromatic hydroxyl groups is 2. The van der Waals surface area contributed by atoms with Gasteiger partial charge in [0.25, 0.3) is 5.91 Å². The summed E-state index contributed by atoms with van der Waals surface area (Å²) in [7, 11) is 4.39. The SMILES string of the molecule is COC1c2cc(O)cc(c2O)NC(=O)/C(C)=C/C=C\[C@H](OC)[C@@H](OC(N)=O)/C(C)=C/[C@H](C)[C@@H](O)[C@@H](OC)C[C@@H]1C. The van der Waals surface area contributed by atoms with Crippen LogP contribution in [0.3, 0.4) is 0 Å². The predicted octanol–water partition coefficient (Wildman–Crippen LogP) is 3.70. The summed E-state index contributed by atoms with van der Waals surface area (Å²) in [4.78, 5) is 24.6. The van der Waals surface area contributed by atoms with Crippen LogP contribution in [0.2, 0.25) is 0 Å². The fourth-order valence-corrected chi connectivity index (χ4v) is 4.88. The molecule has 2 amide bonds. The van der Waals surface area contributed by atoms with E-state index >= 15 is 0 Å². The van der Waals surface area contributed by atoms with Crippen LogP contribution < -0.4 is 11.1 Å². The number of allylic oxidation sites excluding steroid dienone is 2. The molecule has 1 unspecified atom stereocenters. The average Bonchev–Trinajstić information content (AvgIpc) is 2.90. The number of rotatable bonds is 4. The molecule has 40 heavy (non-hydrogen) atoms. The standard InChI is InChI=1S/C29H42N2O9/c1-15-9-8-10-22(37-5)27(40-29(30)36)17(3)11-16(2)24(33)23(38-6)12-18(4)26(39-7)20-13-19(32)14-21(25(20)34)31-28(15)35/h8-11,13-14,16,18,22-24,26-27,32-34H,12H2,1-7H3,(H2,30,36)(H,31,35)/b10-8-,15-9+,17-11+/t16-,18-,22-,23-,24+,26?,27-/m0/s1. The van der Waals surface area contributed by atoms with Crippen molar-refractivity contribution >= 4 is 17.7 Å². The Morgan fingerprint density at radius 2 is 1.73 bits per heavy atom. The Kier molecular flexibility index (Phi) is 12.2. The second kappa shape index (κ2) is 14.8. The van der Waals surface area contributed by atoms with Crippen LogP contribution in [-0.4, -0.2) is 73.1 Å². The van der Waals surface area contributed by atoms with Gasteiger partial charge in [-0.3, -0.25) is 4.79 Å². The summed E-state index contributed by atoms with van der Waals surface area (Å²) < 4.78 is 22.3. The van der Waals surface area contributed by atoms with Crippen molar-refractivity contribution in [2.75, 3.05) is 26.6 Å². The molecule has 2 bridgehead atoms. The third-order valence-corrected chi connectivity index (χ3v) is 7.07. The lowest BCUT2D eigenvalue weighted by molar-refractivity contribution is -0.112. The molecule has 11 heteroatoms. The Morgan fingerprint density at radius 1 is 1.05 bits per heavy atom. The maximum absolute atomic E-state index is 12.9. The summed E-state index contributed by atoms with van der Waals surface area (Å²) in [6.07, 6.45) is 1.78. The van der Waals surface area contributed by atoms with Gasteiger partial charge < -0.3 is 45.3 Å². The van der Waals surface area contributed by atoms with Crippen molar-refractivity contribution in [2.45, 2.75) is 64.6 Å². The van der Waals surface area contributed by atoms with Crippen molar-refractivity contribution < 1.29 is 43.9 Å². The molecule has 1 aromatic carbocycles. The summed E-state index contributed by atoms with van der Waals surface area (Å²) in [5, 5.41) is 35.3. The first-order valence-corrected chi connectivity index (χ1v) is 13.0. The third kappa shape index (κ3) is 8.31. The van der Waals surface area contributed by atoms with E-state index in [2.05, 4.69) is 5.32 Å². The van der Waals surface area contributed by atoms with Gasteiger partial charge in [0.2, 0.25) is 0 Å². The highest BCUT2D eigenvalue weighted by atomic mass is 16.6. The zero-order valence-electron chi connectivity index (χ0n) is 24.1. The number of carbonyl (C=O) groups excluding carboxylic acids is 2. The van der Waals surface area contributed by atoms with E-state index in [-0.39, 0.29) is 34.2 Å². The minimum atomic E-state index is -0.995. The van der Waals surface area contributed by atoms with Gasteiger partial charge in [0, 0.05) is 44.5 Å². The Bertz CT molecular complexity index is 1130. The van der Waals surface area contributed by atoms with Crippen molar-refractivity contribution in [3.8, 4) is 11.5 Å². The van der Waals surface area contributed by atoms with E-state index in [4.69, 9.17) is 24.7 Å². The monoisotopic (exact) mass is 562 g/mol. The fourth-order valence-electron chi connectivity index (χ4n) is 4.88. The number of aliphatic hydroxyl groups excluding tert-OH is 1. The van der Waals surface area contributed by atoms with Crippen molar-refractivity contribution in [3.63, 3.8) is 0 Å². The molecule has 1 aliphatic rings. The highest BCUT2D eigenvalue weighted by Gasteiger charge is 2.32. The van der Waals surface area contributed by atoms with Crippen molar-refractivity contribution in [2.24, 2.45) is 17.6 Å². The molecule has 0 saturated carbocycles. The number of aliphatic hydroxyl groups is 1. The number of ether oxygens (including phenoxy) is 4. The average molecular weight is 563 g/mol. The minimum absolute atomic E-state index is 0.00496. The number of anilines is 1. The lowest BCUT2D eigenvalue weighted by Gasteiger charge is -2.32. The highest BCUT2D eigenvalue weighted by Crippen LogP contribution is 2.41. The van der Waals surface area contributed by atoms with Gasteiger partial charge in [-0.2, -0.15) is 0 Å². The molecule has 7 atom stereocenters. The van der Waals surface area contributed by atoms with E-state index in [9.17, 15) is 24.9 Å². The number of primary amides is 1. The van der Waals surface area contributed by atoms with E-state index < -0.39 is 48.4 Å². The van der Waals surface area contributed by atoms with E-state index in [0.29, 0.717) is 12.0 Å². The van der Waals surface area contributed by atoms with Gasteiger partial charge in [0.05, 0.1) is 24.0 Å². The molecule has 1 heterocycles. The van der Waals surface area contributed by atoms with Crippen molar-refractivity contribution in [1.29, 1.82) is 0 Å². The number of amides is 2. The molecule has 0 fully saturated rings. The maximum atomic E-state index is 12.9. The van der Waals surface area contributed by atoms with Gasteiger partial charge in [0.1, 0.15) is 17.6 Å². The smallest absolute Gasteiger partial charge is 0.405 e. The van der Waals surface area contributed by atoms with Gasteiger partial charge in [0.15, 0.2) is 6.10 Å². The Hall–Kier alpha value is -3.38. The van der Waals surface area contributed by atoms with Crippen LogP contribution in [0.4, 0.5) is 10.5 Å². The molecule has 0 saturated heterocycles. The molecule has 6 N–H and O–H groups in total. The number of methoxy groups -OCH3 is 3. The number of nitrogens with one attached hydrogen (secondary N) is 1. The normalized spacial score (nSPS) is 32.2. The number of hydrogen-bond donors (Lipinski definition) is 5. The maximum Gasteiger partial charge on any atom is 0.405 e. The minimum Gasteiger partial charge on any atom is -0.508 e. The Labute approximate surface area is 235 Å². The van der Waals surface area contributed by atoms with Crippen molar-refractivity contribution in [3.05, 3.63) is 53.1 Å². The van der Waals surface area contributed by atoms with Crippen LogP contribution in [0, 0.1) is 11.8 Å². The number of carbonyl (C=O) groups is 2. The zero-order valence-corrected chi connectivity index (χ0v) is 24.1. The summed E-state index contributed by atoms with van der Waals surface area (Å²) >= 11 is 0. The molecular weight excluding hydrogens is 520 g/mol. The fraction of sp³-hybridized carbons (Fsp3) is 0.517. The molecule has 0 aromatic heterocycles. The van der Waals surface area contributed by atoms with Gasteiger partial charge in [-0.25, -0.2) is 4.79 Å². The van der Waals surface area contributed by atoms with Crippen LogP contribution in [0.1, 0.15) is 45.8 Å². The molecule has 0 spiro atoms. The van der Waals surface area contributed by atoms with Gasteiger partial charge >= 0.3 is 6.09 Å².